The van der Waals surface area contributed by atoms with E-state index in [0.717, 1.165) is 44.9 Å². The maximum absolute atomic E-state index is 9.53. The van der Waals surface area contributed by atoms with Crippen LogP contribution in [0.25, 0.3) is 0 Å². The Morgan fingerprint density at radius 3 is 2.54 bits per heavy atom. The van der Waals surface area contributed by atoms with Crippen LogP contribution in [0.4, 0.5) is 0 Å². The summed E-state index contributed by atoms with van der Waals surface area (Å²) in [6.07, 6.45) is 0.816. The highest BCUT2D eigenvalue weighted by molar-refractivity contribution is 5.33. The first-order valence-corrected chi connectivity index (χ1v) is 9.62. The van der Waals surface area contributed by atoms with Gasteiger partial charge in [0.25, 0.3) is 0 Å². The van der Waals surface area contributed by atoms with Crippen LogP contribution in [0.5, 0.6) is 5.75 Å². The molecule has 0 spiro atoms. The lowest BCUT2D eigenvalue weighted by molar-refractivity contribution is 0.0495. The van der Waals surface area contributed by atoms with E-state index < -0.39 is 0 Å². The summed E-state index contributed by atoms with van der Waals surface area (Å²) in [6.45, 7) is 7.84. The highest BCUT2D eigenvalue weighted by atomic mass is 16.5. The molecule has 26 heavy (non-hydrogen) atoms. The van der Waals surface area contributed by atoms with Crippen LogP contribution in [0, 0.1) is 0 Å². The predicted octanol–water partition coefficient (Wildman–Crippen LogP) is 3.15. The molecule has 1 saturated heterocycles. The van der Waals surface area contributed by atoms with Gasteiger partial charge in [0.2, 0.25) is 0 Å². The summed E-state index contributed by atoms with van der Waals surface area (Å²) in [7, 11) is 0. The summed E-state index contributed by atoms with van der Waals surface area (Å²) in [5.41, 5.74) is 2.58. The van der Waals surface area contributed by atoms with Crippen LogP contribution in [0.15, 0.2) is 54.6 Å². The highest BCUT2D eigenvalue weighted by Crippen LogP contribution is 2.23. The number of aliphatic hydroxyl groups excluding tert-OH is 1. The van der Waals surface area contributed by atoms with Crippen molar-refractivity contribution in [3.63, 3.8) is 0 Å². The van der Waals surface area contributed by atoms with Gasteiger partial charge in [-0.25, -0.2) is 0 Å². The molecule has 0 radical (unpaired) electrons. The van der Waals surface area contributed by atoms with Gasteiger partial charge in [0, 0.05) is 50.9 Å². The molecule has 0 saturated carbocycles. The number of ether oxygens (including phenoxy) is 1. The van der Waals surface area contributed by atoms with Crippen LogP contribution in [0.3, 0.4) is 0 Å². The minimum Gasteiger partial charge on any atom is -0.494 e. The molecule has 1 aliphatic heterocycles. The first-order chi connectivity index (χ1) is 12.8. The van der Waals surface area contributed by atoms with E-state index in [-0.39, 0.29) is 6.61 Å². The Balaban J connectivity index is 1.64. The van der Waals surface area contributed by atoms with E-state index in [2.05, 4.69) is 58.3 Å². The zero-order valence-corrected chi connectivity index (χ0v) is 15.7. The lowest BCUT2D eigenvalue weighted by Crippen LogP contribution is -2.52. The van der Waals surface area contributed by atoms with Gasteiger partial charge < -0.3 is 9.84 Å². The number of nitrogens with zero attached hydrogens (tertiary/aromatic N) is 2. The molecular weight excluding hydrogens is 324 g/mol. The Morgan fingerprint density at radius 2 is 1.77 bits per heavy atom. The van der Waals surface area contributed by atoms with Crippen LogP contribution in [-0.4, -0.2) is 53.8 Å². The van der Waals surface area contributed by atoms with Crippen molar-refractivity contribution >= 4 is 0 Å². The van der Waals surface area contributed by atoms with E-state index in [0.29, 0.717) is 12.6 Å². The van der Waals surface area contributed by atoms with Gasteiger partial charge in [-0.1, -0.05) is 48.5 Å². The van der Waals surface area contributed by atoms with E-state index in [1.807, 2.05) is 13.0 Å². The number of hydrogen-bond acceptors (Lipinski definition) is 4. The second kappa shape index (κ2) is 9.72. The summed E-state index contributed by atoms with van der Waals surface area (Å²) in [4.78, 5) is 5.00. The summed E-state index contributed by atoms with van der Waals surface area (Å²) in [5.74, 6) is 0.987. The van der Waals surface area contributed by atoms with Crippen molar-refractivity contribution in [3.05, 3.63) is 65.7 Å². The van der Waals surface area contributed by atoms with Crippen molar-refractivity contribution in [3.8, 4) is 5.75 Å². The average molecular weight is 354 g/mol. The maximum Gasteiger partial charge on any atom is 0.123 e. The SMILES string of the molecule is CCOc1ccccc1CN1CCN(Cc2ccccc2)[C@H](CCO)C1. The van der Waals surface area contributed by atoms with Gasteiger partial charge in [-0.05, 0) is 25.0 Å². The Hall–Kier alpha value is -1.88. The molecule has 1 atom stereocenters. The molecule has 0 aromatic heterocycles. The molecule has 4 heteroatoms. The van der Waals surface area contributed by atoms with E-state index in [1.54, 1.807) is 0 Å². The molecule has 0 aliphatic carbocycles. The lowest BCUT2D eigenvalue weighted by atomic mass is 10.1. The molecule has 1 aliphatic rings. The van der Waals surface area contributed by atoms with Gasteiger partial charge in [-0.3, -0.25) is 9.80 Å². The average Bonchev–Trinajstić information content (AvgIpc) is 2.67. The molecule has 2 aromatic carbocycles. The van der Waals surface area contributed by atoms with Gasteiger partial charge in [0.05, 0.1) is 6.61 Å². The Labute approximate surface area is 157 Å². The van der Waals surface area contributed by atoms with Gasteiger partial charge in [-0.15, -0.1) is 0 Å². The van der Waals surface area contributed by atoms with Crippen molar-refractivity contribution < 1.29 is 9.84 Å². The molecule has 0 bridgehead atoms. The first kappa shape index (κ1) is 18.9. The number of para-hydroxylation sites is 1. The fourth-order valence-corrected chi connectivity index (χ4v) is 3.72. The Bertz CT molecular complexity index is 662. The molecular formula is C22H30N2O2. The smallest absolute Gasteiger partial charge is 0.123 e. The molecule has 0 amide bonds. The third-order valence-electron chi connectivity index (χ3n) is 5.05. The third kappa shape index (κ3) is 5.07. The second-order valence-corrected chi connectivity index (χ2v) is 6.90. The topological polar surface area (TPSA) is 35.9 Å². The predicted molar refractivity (Wildman–Crippen MR) is 105 cm³/mol. The molecule has 4 nitrogen and oxygen atoms in total. The summed E-state index contributed by atoms with van der Waals surface area (Å²) in [5, 5.41) is 9.53. The summed E-state index contributed by atoms with van der Waals surface area (Å²) in [6, 6.07) is 19.3. The molecule has 1 heterocycles. The van der Waals surface area contributed by atoms with Gasteiger partial charge in [0.15, 0.2) is 0 Å². The molecule has 3 rings (SSSR count). The van der Waals surface area contributed by atoms with Crippen LogP contribution in [0.2, 0.25) is 0 Å². The van der Waals surface area contributed by atoms with Crippen molar-refractivity contribution in [2.24, 2.45) is 0 Å². The lowest BCUT2D eigenvalue weighted by Gasteiger charge is -2.41. The number of hydrogen-bond donors (Lipinski definition) is 1. The van der Waals surface area contributed by atoms with E-state index >= 15 is 0 Å². The standard InChI is InChI=1S/C22H30N2O2/c1-2-26-22-11-7-6-10-20(22)17-23-13-14-24(21(18-23)12-15-25)16-19-8-4-3-5-9-19/h3-11,21,25H,2,12-18H2,1H3/t21-/m1/s1. The zero-order valence-electron chi connectivity index (χ0n) is 15.7. The molecule has 1 fully saturated rings. The van der Waals surface area contributed by atoms with E-state index in [4.69, 9.17) is 4.74 Å². The molecule has 140 valence electrons. The first-order valence-electron chi connectivity index (χ1n) is 9.62. The Morgan fingerprint density at radius 1 is 1.00 bits per heavy atom. The Kier molecular flexibility index (Phi) is 7.06. The maximum atomic E-state index is 9.53. The van der Waals surface area contributed by atoms with Gasteiger partial charge >= 0.3 is 0 Å². The fraction of sp³-hybridized carbons (Fsp3) is 0.455. The van der Waals surface area contributed by atoms with Crippen LogP contribution in [-0.2, 0) is 13.1 Å². The molecule has 0 unspecified atom stereocenters. The zero-order chi connectivity index (χ0) is 18.2. The second-order valence-electron chi connectivity index (χ2n) is 6.90. The quantitative estimate of drug-likeness (QED) is 0.790. The highest BCUT2D eigenvalue weighted by Gasteiger charge is 2.27. The van der Waals surface area contributed by atoms with Crippen LogP contribution >= 0.6 is 0 Å². The minimum absolute atomic E-state index is 0.235. The minimum atomic E-state index is 0.235. The van der Waals surface area contributed by atoms with Crippen molar-refractivity contribution in [1.82, 2.24) is 9.80 Å². The van der Waals surface area contributed by atoms with Crippen molar-refractivity contribution in [2.45, 2.75) is 32.5 Å². The van der Waals surface area contributed by atoms with Gasteiger partial charge in [-0.2, -0.15) is 0 Å². The largest absolute Gasteiger partial charge is 0.494 e. The normalized spacial score (nSPS) is 18.8. The number of piperazine rings is 1. The fourth-order valence-electron chi connectivity index (χ4n) is 3.72. The van der Waals surface area contributed by atoms with E-state index in [1.165, 1.54) is 11.1 Å². The van der Waals surface area contributed by atoms with Crippen LogP contribution in [0.1, 0.15) is 24.5 Å². The molecule has 1 N–H and O–H groups in total. The summed E-state index contributed by atoms with van der Waals surface area (Å²) < 4.78 is 5.78. The van der Waals surface area contributed by atoms with Gasteiger partial charge in [0.1, 0.15) is 5.75 Å². The van der Waals surface area contributed by atoms with Crippen molar-refractivity contribution in [1.29, 1.82) is 0 Å². The number of aliphatic hydroxyl groups is 1. The van der Waals surface area contributed by atoms with Crippen molar-refractivity contribution in [2.75, 3.05) is 32.8 Å². The number of rotatable bonds is 8. The van der Waals surface area contributed by atoms with Crippen LogP contribution < -0.4 is 4.74 Å². The summed E-state index contributed by atoms with van der Waals surface area (Å²) >= 11 is 0. The van der Waals surface area contributed by atoms with E-state index in [9.17, 15) is 5.11 Å². The molecule has 2 aromatic rings. The monoisotopic (exact) mass is 354 g/mol. The third-order valence-corrected chi connectivity index (χ3v) is 5.05. The number of benzene rings is 2.